The van der Waals surface area contributed by atoms with Crippen LogP contribution in [0.2, 0.25) is 0 Å². The average Bonchev–Trinajstić information content (AvgIpc) is 3.58. The quantitative estimate of drug-likeness (QED) is 0.346. The van der Waals surface area contributed by atoms with E-state index in [4.69, 9.17) is 5.10 Å². The second-order valence-electron chi connectivity index (χ2n) is 7.99. The fraction of sp³-hybridized carbons (Fsp3) is 0.0714. The van der Waals surface area contributed by atoms with Crippen molar-refractivity contribution in [2.24, 2.45) is 0 Å². The molecule has 1 N–H and O–H groups in total. The molecule has 0 spiro atoms. The SMILES string of the molecule is O=C(/C=C/c1cn(Cc2ccccc2)nc1-c1cccnc1)NCc1ccccc1-n1cccn1. The Bertz CT molecular complexity index is 1420. The van der Waals surface area contributed by atoms with Crippen molar-refractivity contribution in [3.05, 3.63) is 127 Å². The predicted octanol–water partition coefficient (Wildman–Crippen LogP) is 4.51. The molecule has 7 heteroatoms. The number of carbonyl (C=O) groups excluding carboxylic acids is 1. The van der Waals surface area contributed by atoms with Gasteiger partial charge in [-0.3, -0.25) is 14.5 Å². The number of benzene rings is 2. The second-order valence-corrected chi connectivity index (χ2v) is 7.99. The fourth-order valence-corrected chi connectivity index (χ4v) is 3.84. The van der Waals surface area contributed by atoms with Crippen molar-refractivity contribution in [2.45, 2.75) is 13.1 Å². The van der Waals surface area contributed by atoms with Gasteiger partial charge in [0.2, 0.25) is 5.91 Å². The van der Waals surface area contributed by atoms with E-state index in [0.29, 0.717) is 13.1 Å². The van der Waals surface area contributed by atoms with Gasteiger partial charge in [0.25, 0.3) is 0 Å². The predicted molar refractivity (Wildman–Crippen MR) is 135 cm³/mol. The van der Waals surface area contributed by atoms with Crippen LogP contribution < -0.4 is 5.32 Å². The molecule has 0 bridgehead atoms. The van der Waals surface area contributed by atoms with Gasteiger partial charge in [-0.25, -0.2) is 4.68 Å². The van der Waals surface area contributed by atoms with Gasteiger partial charge in [0.1, 0.15) is 5.69 Å². The van der Waals surface area contributed by atoms with Crippen molar-refractivity contribution in [3.63, 3.8) is 0 Å². The number of nitrogens with zero attached hydrogens (tertiary/aromatic N) is 5. The number of amides is 1. The van der Waals surface area contributed by atoms with Crippen molar-refractivity contribution in [2.75, 3.05) is 0 Å². The first-order valence-corrected chi connectivity index (χ1v) is 11.3. The van der Waals surface area contributed by atoms with Crippen molar-refractivity contribution < 1.29 is 4.79 Å². The average molecular weight is 461 g/mol. The summed E-state index contributed by atoms with van der Waals surface area (Å²) in [6.07, 6.45) is 12.4. The first-order chi connectivity index (χ1) is 17.3. The zero-order valence-corrected chi connectivity index (χ0v) is 19.0. The third-order valence-corrected chi connectivity index (χ3v) is 5.52. The largest absolute Gasteiger partial charge is 0.348 e. The highest BCUT2D eigenvalue weighted by atomic mass is 16.1. The van der Waals surface area contributed by atoms with E-state index in [1.54, 1.807) is 35.4 Å². The maximum atomic E-state index is 12.7. The van der Waals surface area contributed by atoms with E-state index in [9.17, 15) is 4.79 Å². The van der Waals surface area contributed by atoms with E-state index >= 15 is 0 Å². The molecule has 3 aromatic heterocycles. The van der Waals surface area contributed by atoms with Crippen LogP contribution in [0.3, 0.4) is 0 Å². The van der Waals surface area contributed by atoms with Crippen LogP contribution in [0.1, 0.15) is 16.7 Å². The third kappa shape index (κ3) is 5.42. The minimum Gasteiger partial charge on any atom is -0.348 e. The Morgan fingerprint density at radius 1 is 0.943 bits per heavy atom. The van der Waals surface area contributed by atoms with Crippen LogP contribution in [0.15, 0.2) is 110 Å². The van der Waals surface area contributed by atoms with Gasteiger partial charge in [-0.15, -0.1) is 0 Å². The molecule has 0 aliphatic rings. The van der Waals surface area contributed by atoms with Crippen molar-refractivity contribution in [3.8, 4) is 16.9 Å². The summed E-state index contributed by atoms with van der Waals surface area (Å²) >= 11 is 0. The number of para-hydroxylation sites is 1. The second kappa shape index (κ2) is 10.4. The fourth-order valence-electron chi connectivity index (χ4n) is 3.84. The smallest absolute Gasteiger partial charge is 0.244 e. The number of nitrogens with one attached hydrogen (secondary N) is 1. The Morgan fingerprint density at radius 2 is 1.80 bits per heavy atom. The van der Waals surface area contributed by atoms with E-state index in [-0.39, 0.29) is 5.91 Å². The third-order valence-electron chi connectivity index (χ3n) is 5.52. The van der Waals surface area contributed by atoms with Crippen LogP contribution in [0.25, 0.3) is 23.0 Å². The van der Waals surface area contributed by atoms with Crippen molar-refractivity contribution in [1.82, 2.24) is 29.9 Å². The number of hydrogen-bond acceptors (Lipinski definition) is 4. The molecular weight excluding hydrogens is 436 g/mol. The molecular formula is C28H24N6O. The molecule has 2 aromatic carbocycles. The van der Waals surface area contributed by atoms with E-state index in [1.807, 2.05) is 77.7 Å². The molecule has 0 unspecified atom stereocenters. The monoisotopic (exact) mass is 460 g/mol. The van der Waals surface area contributed by atoms with Crippen molar-refractivity contribution in [1.29, 1.82) is 0 Å². The summed E-state index contributed by atoms with van der Waals surface area (Å²) in [4.78, 5) is 16.9. The Labute approximate surface area is 203 Å². The number of carbonyl (C=O) groups is 1. The van der Waals surface area contributed by atoms with E-state index in [0.717, 1.165) is 33.6 Å². The number of pyridine rings is 1. The van der Waals surface area contributed by atoms with E-state index in [2.05, 4.69) is 27.5 Å². The van der Waals surface area contributed by atoms with Gasteiger partial charge in [-0.05, 0) is 41.5 Å². The molecule has 172 valence electrons. The summed E-state index contributed by atoms with van der Waals surface area (Å²) in [5.74, 6) is -0.187. The lowest BCUT2D eigenvalue weighted by molar-refractivity contribution is -0.116. The standard InChI is InChI=1S/C28H24N6O/c35-27(30-19-23-10-4-5-12-26(23)34-17-7-16-31-34)14-13-25-21-33(20-22-8-2-1-3-9-22)32-28(25)24-11-6-15-29-18-24/h1-18,21H,19-20H2,(H,30,35)/b14-13+. The highest BCUT2D eigenvalue weighted by Crippen LogP contribution is 2.23. The lowest BCUT2D eigenvalue weighted by atomic mass is 10.1. The van der Waals surface area contributed by atoms with E-state index < -0.39 is 0 Å². The summed E-state index contributed by atoms with van der Waals surface area (Å²) in [5.41, 5.74) is 5.58. The zero-order chi connectivity index (χ0) is 23.9. The summed E-state index contributed by atoms with van der Waals surface area (Å²) in [6.45, 7) is 1.03. The zero-order valence-electron chi connectivity index (χ0n) is 19.0. The van der Waals surface area contributed by atoms with Gasteiger partial charge in [0.15, 0.2) is 0 Å². The van der Waals surface area contributed by atoms with Gasteiger partial charge in [0, 0.05) is 54.7 Å². The molecule has 1 amide bonds. The van der Waals surface area contributed by atoms with E-state index in [1.165, 1.54) is 0 Å². The summed E-state index contributed by atoms with van der Waals surface area (Å²) in [6, 6.07) is 23.7. The number of hydrogen-bond donors (Lipinski definition) is 1. The highest BCUT2D eigenvalue weighted by Gasteiger charge is 2.11. The molecule has 3 heterocycles. The highest BCUT2D eigenvalue weighted by molar-refractivity contribution is 5.92. The molecule has 35 heavy (non-hydrogen) atoms. The Kier molecular flexibility index (Phi) is 6.57. The summed E-state index contributed by atoms with van der Waals surface area (Å²) < 4.78 is 3.67. The molecule has 5 rings (SSSR count). The van der Waals surface area contributed by atoms with Crippen LogP contribution in [0.4, 0.5) is 0 Å². The first-order valence-electron chi connectivity index (χ1n) is 11.3. The maximum Gasteiger partial charge on any atom is 0.244 e. The molecule has 0 fully saturated rings. The molecule has 0 atom stereocenters. The molecule has 7 nitrogen and oxygen atoms in total. The van der Waals surface area contributed by atoms with Crippen LogP contribution in [-0.4, -0.2) is 30.5 Å². The lowest BCUT2D eigenvalue weighted by Crippen LogP contribution is -2.21. The Balaban J connectivity index is 1.33. The molecule has 0 aliphatic heterocycles. The molecule has 0 radical (unpaired) electrons. The number of aromatic nitrogens is 5. The van der Waals surface area contributed by atoms with Crippen LogP contribution in [-0.2, 0) is 17.9 Å². The minimum atomic E-state index is -0.187. The minimum absolute atomic E-state index is 0.187. The van der Waals surface area contributed by atoms with Gasteiger partial charge >= 0.3 is 0 Å². The topological polar surface area (TPSA) is 77.6 Å². The molecule has 0 saturated heterocycles. The van der Waals surface area contributed by atoms with Crippen LogP contribution >= 0.6 is 0 Å². The van der Waals surface area contributed by atoms with Gasteiger partial charge in [-0.2, -0.15) is 10.2 Å². The van der Waals surface area contributed by atoms with Gasteiger partial charge in [0.05, 0.1) is 12.2 Å². The Morgan fingerprint density at radius 3 is 2.60 bits per heavy atom. The number of rotatable bonds is 8. The van der Waals surface area contributed by atoms with Gasteiger partial charge < -0.3 is 5.32 Å². The molecule has 5 aromatic rings. The normalized spacial score (nSPS) is 11.1. The Hall–Kier alpha value is -4.78. The molecule has 0 saturated carbocycles. The first kappa shape index (κ1) is 22.0. The van der Waals surface area contributed by atoms with Crippen LogP contribution in [0, 0.1) is 0 Å². The summed E-state index contributed by atoms with van der Waals surface area (Å²) in [7, 11) is 0. The lowest BCUT2D eigenvalue weighted by Gasteiger charge is -2.09. The summed E-state index contributed by atoms with van der Waals surface area (Å²) in [5, 5.41) is 12.0. The maximum absolute atomic E-state index is 12.7. The van der Waals surface area contributed by atoms with Crippen molar-refractivity contribution >= 4 is 12.0 Å². The van der Waals surface area contributed by atoms with Gasteiger partial charge in [-0.1, -0.05) is 48.5 Å². The van der Waals surface area contributed by atoms with Crippen LogP contribution in [0.5, 0.6) is 0 Å². The molecule has 0 aliphatic carbocycles.